The van der Waals surface area contributed by atoms with Crippen molar-refractivity contribution < 1.29 is 9.18 Å². The van der Waals surface area contributed by atoms with E-state index in [0.29, 0.717) is 40.3 Å². The van der Waals surface area contributed by atoms with Gasteiger partial charge >= 0.3 is 0 Å². The summed E-state index contributed by atoms with van der Waals surface area (Å²) in [5.74, 6) is 1.08. The van der Waals surface area contributed by atoms with Crippen molar-refractivity contribution in [2.75, 3.05) is 24.6 Å². The fourth-order valence-corrected chi connectivity index (χ4v) is 3.81. The lowest BCUT2D eigenvalue weighted by molar-refractivity contribution is -0.130. The molecule has 32 heavy (non-hydrogen) atoms. The van der Waals surface area contributed by atoms with E-state index in [0.717, 1.165) is 17.5 Å². The maximum absolute atomic E-state index is 14.8. The third-order valence-electron chi connectivity index (χ3n) is 5.77. The van der Waals surface area contributed by atoms with Crippen molar-refractivity contribution in [3.8, 4) is 11.1 Å². The number of rotatable bonds is 3. The fourth-order valence-electron chi connectivity index (χ4n) is 3.81. The number of halogens is 1. The number of carbonyl (C=O) groups excluding carboxylic acids is 1. The number of nitrogen functional groups attached to an aromatic ring is 1. The summed E-state index contributed by atoms with van der Waals surface area (Å²) in [6.07, 6.45) is 3.84. The minimum Gasteiger partial charge on any atom is -0.382 e. The lowest BCUT2D eigenvalue weighted by Gasteiger charge is -2.12. The quantitative estimate of drug-likeness (QED) is 0.511. The maximum Gasteiger partial charge on any atom is 0.244 e. The molecule has 5 rings (SSSR count). The summed E-state index contributed by atoms with van der Waals surface area (Å²) < 4.78 is 16.5. The summed E-state index contributed by atoms with van der Waals surface area (Å²) in [7, 11) is 1.79. The number of nitrogens with one attached hydrogen (secondary N) is 1. The second-order valence-electron chi connectivity index (χ2n) is 7.89. The lowest BCUT2D eigenvalue weighted by atomic mass is 9.99. The number of hydrogen-bond donors (Lipinski definition) is 2. The number of nitrogens with zero attached hydrogens (tertiary/aromatic N) is 6. The monoisotopic (exact) mass is 432 g/mol. The predicted molar refractivity (Wildman–Crippen MR) is 119 cm³/mol. The minimum atomic E-state index is -0.386. The van der Waals surface area contributed by atoms with Crippen molar-refractivity contribution in [1.29, 1.82) is 0 Å². The Hall–Kier alpha value is -4.08. The number of hydrogen-bond acceptors (Lipinski definition) is 7. The fraction of sp³-hybridized carbons (Fsp3) is 0.227. The van der Waals surface area contributed by atoms with Crippen LogP contribution in [0.5, 0.6) is 0 Å². The molecule has 0 fully saturated rings. The molecule has 0 aliphatic carbocycles. The molecule has 162 valence electrons. The zero-order chi connectivity index (χ0) is 22.4. The molecule has 4 heterocycles. The van der Waals surface area contributed by atoms with Crippen LogP contribution in [-0.2, 0) is 17.8 Å². The first-order valence-corrected chi connectivity index (χ1v) is 10.1. The van der Waals surface area contributed by atoms with Gasteiger partial charge in [0, 0.05) is 60.0 Å². The average molecular weight is 432 g/mol. The Bertz CT molecular complexity index is 1370. The Labute approximate surface area is 183 Å². The Morgan fingerprint density at radius 1 is 1.09 bits per heavy atom. The van der Waals surface area contributed by atoms with E-state index in [1.54, 1.807) is 35.8 Å². The van der Waals surface area contributed by atoms with Crippen LogP contribution < -0.4 is 11.1 Å². The van der Waals surface area contributed by atoms with Gasteiger partial charge in [-0.3, -0.25) is 9.48 Å². The molecule has 9 nitrogen and oxygen atoms in total. The highest BCUT2D eigenvalue weighted by atomic mass is 19.1. The summed E-state index contributed by atoms with van der Waals surface area (Å²) in [6, 6.07) is 6.94. The number of pyridine rings is 1. The van der Waals surface area contributed by atoms with Gasteiger partial charge in [-0.05, 0) is 30.5 Å². The van der Waals surface area contributed by atoms with E-state index in [1.807, 2.05) is 12.1 Å². The van der Waals surface area contributed by atoms with Gasteiger partial charge in [0.2, 0.25) is 5.91 Å². The summed E-state index contributed by atoms with van der Waals surface area (Å²) in [5, 5.41) is 16.8. The van der Waals surface area contributed by atoms with Crippen LogP contribution >= 0.6 is 0 Å². The highest BCUT2D eigenvalue weighted by molar-refractivity contribution is 5.89. The first kappa shape index (κ1) is 19.9. The molecule has 0 radical (unpaired) electrons. The zero-order valence-electron chi connectivity index (χ0n) is 17.6. The van der Waals surface area contributed by atoms with Gasteiger partial charge in [0.15, 0.2) is 5.82 Å². The Morgan fingerprint density at radius 3 is 2.78 bits per heavy atom. The SMILES string of the molecule is Cc1c(-c2cc3cc(Nc4cc5n(n4)CC(=O)N(C)CC5)ncc3cc2F)cnnc1N. The van der Waals surface area contributed by atoms with Crippen LogP contribution in [0.1, 0.15) is 11.3 Å². The van der Waals surface area contributed by atoms with Gasteiger partial charge in [-0.15, -0.1) is 5.10 Å². The summed E-state index contributed by atoms with van der Waals surface area (Å²) in [4.78, 5) is 18.2. The molecule has 0 saturated heterocycles. The molecular weight excluding hydrogens is 411 g/mol. The molecule has 0 saturated carbocycles. The predicted octanol–water partition coefficient (Wildman–Crippen LogP) is 2.68. The van der Waals surface area contributed by atoms with Crippen LogP contribution in [0.3, 0.4) is 0 Å². The number of likely N-dealkylation sites (N-methyl/N-ethyl adjacent to an activating group) is 1. The van der Waals surface area contributed by atoms with Crippen LogP contribution in [-0.4, -0.2) is 49.4 Å². The molecule has 0 spiro atoms. The van der Waals surface area contributed by atoms with E-state index in [9.17, 15) is 9.18 Å². The number of benzene rings is 1. The second kappa shape index (κ2) is 7.56. The first-order chi connectivity index (χ1) is 15.4. The van der Waals surface area contributed by atoms with E-state index in [-0.39, 0.29) is 24.1 Å². The van der Waals surface area contributed by atoms with Crippen LogP contribution in [0.25, 0.3) is 21.9 Å². The molecule has 3 N–H and O–H groups in total. The van der Waals surface area contributed by atoms with E-state index in [1.165, 1.54) is 12.3 Å². The number of fused-ring (bicyclic) bond motifs is 2. The Balaban J connectivity index is 1.48. The highest BCUT2D eigenvalue weighted by Gasteiger charge is 2.19. The molecule has 10 heteroatoms. The van der Waals surface area contributed by atoms with E-state index in [4.69, 9.17) is 5.73 Å². The molecule has 1 aromatic carbocycles. The number of aromatic nitrogens is 5. The lowest BCUT2D eigenvalue weighted by Crippen LogP contribution is -2.29. The summed E-state index contributed by atoms with van der Waals surface area (Å²) in [6.45, 7) is 2.65. The molecule has 0 atom stereocenters. The van der Waals surface area contributed by atoms with Crippen molar-refractivity contribution in [3.63, 3.8) is 0 Å². The number of anilines is 3. The van der Waals surface area contributed by atoms with Gasteiger partial charge in [0.25, 0.3) is 0 Å². The van der Waals surface area contributed by atoms with Gasteiger partial charge in [0.1, 0.15) is 24.0 Å². The van der Waals surface area contributed by atoms with Crippen molar-refractivity contribution >= 4 is 34.1 Å². The molecular formula is C22H21FN8O. The smallest absolute Gasteiger partial charge is 0.244 e. The van der Waals surface area contributed by atoms with Crippen molar-refractivity contribution in [3.05, 3.63) is 53.7 Å². The van der Waals surface area contributed by atoms with Gasteiger partial charge < -0.3 is 16.0 Å². The van der Waals surface area contributed by atoms with Crippen molar-refractivity contribution in [1.82, 2.24) is 29.9 Å². The third kappa shape index (κ3) is 3.49. The number of amides is 1. The summed E-state index contributed by atoms with van der Waals surface area (Å²) >= 11 is 0. The average Bonchev–Trinajstić information content (AvgIpc) is 3.08. The zero-order valence-corrected chi connectivity index (χ0v) is 17.6. The molecule has 1 aliphatic heterocycles. The van der Waals surface area contributed by atoms with Crippen LogP contribution in [0.4, 0.5) is 21.8 Å². The molecule has 0 bridgehead atoms. The van der Waals surface area contributed by atoms with Gasteiger partial charge in [-0.1, -0.05) is 0 Å². The normalized spacial score (nSPS) is 13.8. The largest absolute Gasteiger partial charge is 0.382 e. The van der Waals surface area contributed by atoms with Gasteiger partial charge in [0.05, 0.1) is 6.20 Å². The Morgan fingerprint density at radius 2 is 1.94 bits per heavy atom. The van der Waals surface area contributed by atoms with Crippen LogP contribution in [0, 0.1) is 12.7 Å². The molecule has 0 unspecified atom stereocenters. The van der Waals surface area contributed by atoms with Crippen LogP contribution in [0.2, 0.25) is 0 Å². The van der Waals surface area contributed by atoms with E-state index >= 15 is 0 Å². The highest BCUT2D eigenvalue weighted by Crippen LogP contribution is 2.31. The number of carbonyl (C=O) groups is 1. The number of nitrogens with two attached hydrogens (primary N) is 1. The van der Waals surface area contributed by atoms with Crippen molar-refractivity contribution in [2.24, 2.45) is 0 Å². The van der Waals surface area contributed by atoms with E-state index in [2.05, 4.69) is 25.6 Å². The molecule has 4 aromatic rings. The van der Waals surface area contributed by atoms with Crippen LogP contribution in [0.15, 0.2) is 36.7 Å². The van der Waals surface area contributed by atoms with Gasteiger partial charge in [-0.25, -0.2) is 9.37 Å². The maximum atomic E-state index is 14.8. The van der Waals surface area contributed by atoms with Gasteiger partial charge in [-0.2, -0.15) is 10.2 Å². The van der Waals surface area contributed by atoms with Crippen molar-refractivity contribution in [2.45, 2.75) is 19.9 Å². The minimum absolute atomic E-state index is 0.0262. The third-order valence-corrected chi connectivity index (χ3v) is 5.77. The topological polar surface area (TPSA) is 115 Å². The standard InChI is InChI=1S/C22H21FN8O/c1-12-17(10-26-28-22(12)24)16-5-13-7-19(25-9-14(13)6-18(16)23)27-20-8-15-3-4-30(2)21(32)11-31(15)29-20/h5-10H,3-4,11H2,1-2H3,(H2,24,28)(H,25,27,29). The first-order valence-electron chi connectivity index (χ1n) is 10.1. The molecule has 3 aromatic heterocycles. The molecule has 1 aliphatic rings. The molecule has 1 amide bonds. The second-order valence-corrected chi connectivity index (χ2v) is 7.89. The van der Waals surface area contributed by atoms with E-state index < -0.39 is 0 Å². The Kier molecular flexibility index (Phi) is 4.69. The summed E-state index contributed by atoms with van der Waals surface area (Å²) in [5.41, 5.74) is 8.49.